The predicted molar refractivity (Wildman–Crippen MR) is 66.3 cm³/mol. The molecule has 2 aromatic heterocycles. The molecule has 15 heavy (non-hydrogen) atoms. The Morgan fingerprint density at radius 1 is 1.53 bits per heavy atom. The molecule has 0 atom stereocenters. The Kier molecular flexibility index (Phi) is 2.87. The highest BCUT2D eigenvalue weighted by Gasteiger charge is 2.19. The first kappa shape index (κ1) is 11.1. The molecule has 0 aliphatic rings. The van der Waals surface area contributed by atoms with Gasteiger partial charge in [-0.05, 0) is 31.9 Å². The number of anilines is 1. The molecule has 0 radical (unpaired) electrons. The number of aryl methyl sites for hydroxylation is 1. The lowest BCUT2D eigenvalue weighted by atomic mass is 10.3. The fraction of sp³-hybridized carbons (Fsp3) is 0.125. The monoisotopic (exact) mass is 353 g/mol. The summed E-state index contributed by atoms with van der Waals surface area (Å²) in [5.74, 6) is -0.436. The van der Waals surface area contributed by atoms with E-state index >= 15 is 0 Å². The molecular formula is C8H6Br2FN3S. The van der Waals surface area contributed by atoms with E-state index in [0.29, 0.717) is 0 Å². The Bertz CT molecular complexity index is 520. The second-order valence-electron chi connectivity index (χ2n) is 2.90. The first-order chi connectivity index (χ1) is 7.02. The van der Waals surface area contributed by atoms with Crippen LogP contribution in [0.15, 0.2) is 14.3 Å². The highest BCUT2D eigenvalue weighted by Crippen LogP contribution is 2.40. The number of halogens is 3. The van der Waals surface area contributed by atoms with E-state index in [2.05, 4.69) is 37.0 Å². The molecule has 0 aliphatic heterocycles. The van der Waals surface area contributed by atoms with Gasteiger partial charge in [0.1, 0.15) is 5.69 Å². The topological polar surface area (TPSA) is 43.8 Å². The zero-order valence-electron chi connectivity index (χ0n) is 7.59. The van der Waals surface area contributed by atoms with Gasteiger partial charge in [-0.2, -0.15) is 5.10 Å². The van der Waals surface area contributed by atoms with Crippen LogP contribution in [0.3, 0.4) is 0 Å². The largest absolute Gasteiger partial charge is 0.381 e. The van der Waals surface area contributed by atoms with Gasteiger partial charge in [-0.15, -0.1) is 11.3 Å². The van der Waals surface area contributed by atoms with Crippen molar-refractivity contribution in [1.82, 2.24) is 9.78 Å². The minimum absolute atomic E-state index is 0.0430. The minimum Gasteiger partial charge on any atom is -0.381 e. The minimum atomic E-state index is -0.479. The summed E-state index contributed by atoms with van der Waals surface area (Å²) in [4.78, 5) is 0.728. The van der Waals surface area contributed by atoms with E-state index in [0.717, 1.165) is 13.8 Å². The molecule has 2 heterocycles. The molecule has 80 valence electrons. The first-order valence-corrected chi connectivity index (χ1v) is 6.39. The van der Waals surface area contributed by atoms with Gasteiger partial charge < -0.3 is 5.73 Å². The molecule has 0 spiro atoms. The average molecular weight is 355 g/mol. The van der Waals surface area contributed by atoms with Crippen molar-refractivity contribution < 1.29 is 4.39 Å². The zero-order valence-corrected chi connectivity index (χ0v) is 11.6. The molecular weight excluding hydrogens is 349 g/mol. The average Bonchev–Trinajstić information content (AvgIpc) is 2.64. The smallest absolute Gasteiger partial charge is 0.193 e. The van der Waals surface area contributed by atoms with Crippen LogP contribution in [-0.4, -0.2) is 9.78 Å². The van der Waals surface area contributed by atoms with E-state index in [1.807, 2.05) is 5.38 Å². The molecule has 0 amide bonds. The summed E-state index contributed by atoms with van der Waals surface area (Å²) < 4.78 is 16.7. The summed E-state index contributed by atoms with van der Waals surface area (Å²) in [7, 11) is 1.61. The molecule has 7 heteroatoms. The van der Waals surface area contributed by atoms with Crippen LogP contribution in [0.2, 0.25) is 0 Å². The maximum atomic E-state index is 13.7. The van der Waals surface area contributed by atoms with Crippen LogP contribution in [0.5, 0.6) is 0 Å². The highest BCUT2D eigenvalue weighted by atomic mass is 79.9. The second kappa shape index (κ2) is 3.88. The van der Waals surface area contributed by atoms with Crippen LogP contribution >= 0.6 is 43.2 Å². The molecule has 0 saturated carbocycles. The van der Waals surface area contributed by atoms with Gasteiger partial charge in [-0.3, -0.25) is 0 Å². The lowest BCUT2D eigenvalue weighted by molar-refractivity contribution is 0.634. The molecule has 0 bridgehead atoms. The Morgan fingerprint density at radius 2 is 2.20 bits per heavy atom. The molecule has 0 aliphatic carbocycles. The van der Waals surface area contributed by atoms with E-state index in [1.54, 1.807) is 7.05 Å². The number of rotatable bonds is 1. The van der Waals surface area contributed by atoms with Gasteiger partial charge in [0.2, 0.25) is 0 Å². The number of nitrogens with two attached hydrogens (primary N) is 1. The van der Waals surface area contributed by atoms with Gasteiger partial charge in [0.05, 0.1) is 9.35 Å². The number of hydrogen-bond acceptors (Lipinski definition) is 3. The first-order valence-electron chi connectivity index (χ1n) is 3.93. The summed E-state index contributed by atoms with van der Waals surface area (Å²) in [5, 5.41) is 5.90. The predicted octanol–water partition coefficient (Wildman–Crippen LogP) is 3.39. The lowest BCUT2D eigenvalue weighted by Crippen LogP contribution is -1.97. The molecule has 0 unspecified atom stereocenters. The van der Waals surface area contributed by atoms with Crippen molar-refractivity contribution in [2.75, 3.05) is 5.73 Å². The quantitative estimate of drug-likeness (QED) is 0.852. The maximum absolute atomic E-state index is 13.7. The second-order valence-corrected chi connectivity index (χ2v) is 5.43. The third-order valence-corrected chi connectivity index (χ3v) is 5.47. The summed E-state index contributed by atoms with van der Waals surface area (Å²) in [5.41, 5.74) is 5.78. The third-order valence-electron chi connectivity index (χ3n) is 1.94. The summed E-state index contributed by atoms with van der Waals surface area (Å²) >= 11 is 8.10. The van der Waals surface area contributed by atoms with Gasteiger partial charge >= 0.3 is 0 Å². The van der Waals surface area contributed by atoms with Crippen molar-refractivity contribution in [3.8, 4) is 10.6 Å². The standard InChI is InChI=1S/C8H6Br2FN3S/c1-14-8(12)5(11)6(13-14)7-4(10)3(9)2-15-7/h2H,12H2,1H3. The number of aromatic nitrogens is 2. The lowest BCUT2D eigenvalue weighted by Gasteiger charge is -1.92. The molecule has 2 rings (SSSR count). The van der Waals surface area contributed by atoms with Crippen LogP contribution in [0.1, 0.15) is 0 Å². The summed E-state index contributed by atoms with van der Waals surface area (Å²) in [6, 6.07) is 0. The highest BCUT2D eigenvalue weighted by molar-refractivity contribution is 9.13. The summed E-state index contributed by atoms with van der Waals surface area (Å²) in [6.45, 7) is 0. The summed E-state index contributed by atoms with van der Waals surface area (Å²) in [6.07, 6.45) is 0. The SMILES string of the molecule is Cn1nc(-c2scc(Br)c2Br)c(F)c1N. The Morgan fingerprint density at radius 3 is 2.60 bits per heavy atom. The van der Waals surface area contributed by atoms with Gasteiger partial charge in [-0.25, -0.2) is 9.07 Å². The van der Waals surface area contributed by atoms with Crippen LogP contribution in [0.4, 0.5) is 10.2 Å². The normalized spacial score (nSPS) is 10.9. The number of nitrogens with zero attached hydrogens (tertiary/aromatic N) is 2. The number of thiophene rings is 1. The van der Waals surface area contributed by atoms with Crippen LogP contribution < -0.4 is 5.73 Å². The van der Waals surface area contributed by atoms with E-state index < -0.39 is 5.82 Å². The van der Waals surface area contributed by atoms with E-state index in [1.165, 1.54) is 16.0 Å². The van der Waals surface area contributed by atoms with Crippen molar-refractivity contribution >= 4 is 49.0 Å². The molecule has 2 N–H and O–H groups in total. The van der Waals surface area contributed by atoms with Crippen LogP contribution in [-0.2, 0) is 7.05 Å². The van der Waals surface area contributed by atoms with E-state index in [-0.39, 0.29) is 11.5 Å². The number of nitrogen functional groups attached to an aromatic ring is 1. The van der Waals surface area contributed by atoms with Gasteiger partial charge in [0, 0.05) is 16.9 Å². The Balaban J connectivity index is 2.64. The molecule has 2 aromatic rings. The Hall–Kier alpha value is -0.400. The van der Waals surface area contributed by atoms with Gasteiger partial charge in [-0.1, -0.05) is 0 Å². The fourth-order valence-electron chi connectivity index (χ4n) is 1.14. The maximum Gasteiger partial charge on any atom is 0.193 e. The van der Waals surface area contributed by atoms with Crippen molar-refractivity contribution in [3.05, 3.63) is 20.1 Å². The molecule has 0 aromatic carbocycles. The molecule has 0 saturated heterocycles. The van der Waals surface area contributed by atoms with Gasteiger partial charge in [0.25, 0.3) is 0 Å². The van der Waals surface area contributed by atoms with E-state index in [4.69, 9.17) is 5.73 Å². The van der Waals surface area contributed by atoms with Crippen molar-refractivity contribution in [2.24, 2.45) is 7.05 Å². The van der Waals surface area contributed by atoms with Crippen LogP contribution in [0, 0.1) is 5.82 Å². The van der Waals surface area contributed by atoms with Crippen LogP contribution in [0.25, 0.3) is 10.6 Å². The van der Waals surface area contributed by atoms with E-state index in [9.17, 15) is 4.39 Å². The Labute approximate surface area is 106 Å². The zero-order chi connectivity index (χ0) is 11.2. The molecule has 0 fully saturated rings. The van der Waals surface area contributed by atoms with Crippen molar-refractivity contribution in [1.29, 1.82) is 0 Å². The van der Waals surface area contributed by atoms with Crippen molar-refractivity contribution in [3.63, 3.8) is 0 Å². The fourth-order valence-corrected chi connectivity index (χ4v) is 3.28. The third kappa shape index (κ3) is 1.72. The van der Waals surface area contributed by atoms with Crippen molar-refractivity contribution in [2.45, 2.75) is 0 Å². The number of hydrogen-bond donors (Lipinski definition) is 1. The van der Waals surface area contributed by atoms with Gasteiger partial charge in [0.15, 0.2) is 11.6 Å². The molecule has 3 nitrogen and oxygen atoms in total.